The third-order valence-electron chi connectivity index (χ3n) is 3.79. The van der Waals surface area contributed by atoms with Crippen molar-refractivity contribution >= 4 is 11.7 Å². The van der Waals surface area contributed by atoms with Gasteiger partial charge in [0.15, 0.2) is 0 Å². The summed E-state index contributed by atoms with van der Waals surface area (Å²) < 4.78 is 12.9. The van der Waals surface area contributed by atoms with Gasteiger partial charge in [-0.1, -0.05) is 26.0 Å². The minimum absolute atomic E-state index is 0.251. The van der Waals surface area contributed by atoms with Gasteiger partial charge in [0.2, 0.25) is 0 Å². The van der Waals surface area contributed by atoms with Crippen LogP contribution in [0.15, 0.2) is 36.7 Å². The largest absolute Gasteiger partial charge is 0.355 e. The van der Waals surface area contributed by atoms with Crippen molar-refractivity contribution in [1.29, 1.82) is 0 Å². The Morgan fingerprint density at radius 3 is 2.32 bits per heavy atom. The first-order valence-electron chi connectivity index (χ1n) is 8.73. The Balaban J connectivity index is 1.87. The van der Waals surface area contributed by atoms with Gasteiger partial charge in [-0.05, 0) is 37.0 Å². The van der Waals surface area contributed by atoms with E-state index >= 15 is 0 Å². The van der Waals surface area contributed by atoms with Crippen LogP contribution < -0.4 is 10.2 Å². The fourth-order valence-electron chi connectivity index (χ4n) is 2.54. The number of amides is 1. The standard InChI is InChI=1S/C19H25FN4O/c1-3-11-24(12-4-2)18-14-22-17(13-23-18)19(25)21-10-9-15-5-7-16(20)8-6-15/h5-8,13-14H,3-4,9-12H2,1-2H3,(H,21,25). The zero-order valence-electron chi connectivity index (χ0n) is 14.8. The molecule has 25 heavy (non-hydrogen) atoms. The van der Waals surface area contributed by atoms with E-state index in [4.69, 9.17) is 0 Å². The molecule has 0 aliphatic rings. The van der Waals surface area contributed by atoms with E-state index < -0.39 is 0 Å². The predicted molar refractivity (Wildman–Crippen MR) is 97.3 cm³/mol. The highest BCUT2D eigenvalue weighted by Crippen LogP contribution is 2.10. The lowest BCUT2D eigenvalue weighted by molar-refractivity contribution is 0.0949. The summed E-state index contributed by atoms with van der Waals surface area (Å²) in [6.45, 7) is 6.56. The topological polar surface area (TPSA) is 58.1 Å². The van der Waals surface area contributed by atoms with Crippen molar-refractivity contribution in [1.82, 2.24) is 15.3 Å². The number of nitrogens with zero attached hydrogens (tertiary/aromatic N) is 3. The second-order valence-corrected chi connectivity index (χ2v) is 5.88. The van der Waals surface area contributed by atoms with Crippen LogP contribution in [0.4, 0.5) is 10.2 Å². The normalized spacial score (nSPS) is 10.5. The van der Waals surface area contributed by atoms with Gasteiger partial charge < -0.3 is 10.2 Å². The molecule has 1 amide bonds. The molecule has 1 heterocycles. The Morgan fingerprint density at radius 1 is 1.08 bits per heavy atom. The van der Waals surface area contributed by atoms with Gasteiger partial charge in [0.25, 0.3) is 5.91 Å². The van der Waals surface area contributed by atoms with Crippen molar-refractivity contribution in [2.24, 2.45) is 0 Å². The fourth-order valence-corrected chi connectivity index (χ4v) is 2.54. The molecule has 0 unspecified atom stereocenters. The second kappa shape index (κ2) is 9.71. The van der Waals surface area contributed by atoms with Crippen LogP contribution in [0.25, 0.3) is 0 Å². The SMILES string of the molecule is CCCN(CCC)c1cnc(C(=O)NCCc2ccc(F)cc2)cn1. The van der Waals surface area contributed by atoms with Crippen molar-refractivity contribution in [2.45, 2.75) is 33.1 Å². The molecule has 1 aromatic heterocycles. The van der Waals surface area contributed by atoms with E-state index in [1.807, 2.05) is 0 Å². The smallest absolute Gasteiger partial charge is 0.271 e. The van der Waals surface area contributed by atoms with Gasteiger partial charge >= 0.3 is 0 Å². The molecule has 2 aromatic rings. The summed E-state index contributed by atoms with van der Waals surface area (Å²) in [5.74, 6) is 0.286. The van der Waals surface area contributed by atoms with E-state index in [2.05, 4.69) is 34.0 Å². The first-order chi connectivity index (χ1) is 12.1. The molecule has 1 N–H and O–H groups in total. The summed E-state index contributed by atoms with van der Waals surface area (Å²) in [7, 11) is 0. The summed E-state index contributed by atoms with van der Waals surface area (Å²) in [4.78, 5) is 22.9. The zero-order valence-corrected chi connectivity index (χ0v) is 14.8. The number of anilines is 1. The van der Waals surface area contributed by atoms with Crippen LogP contribution in [0.3, 0.4) is 0 Å². The maximum Gasteiger partial charge on any atom is 0.271 e. The average Bonchev–Trinajstić information content (AvgIpc) is 2.63. The van der Waals surface area contributed by atoms with Gasteiger partial charge in [-0.2, -0.15) is 0 Å². The van der Waals surface area contributed by atoms with E-state index in [1.54, 1.807) is 18.3 Å². The molecule has 1 aromatic carbocycles. The van der Waals surface area contributed by atoms with Crippen molar-refractivity contribution in [3.63, 3.8) is 0 Å². The summed E-state index contributed by atoms with van der Waals surface area (Å²) in [6, 6.07) is 6.26. The Hall–Kier alpha value is -2.50. The quantitative estimate of drug-likeness (QED) is 0.759. The average molecular weight is 344 g/mol. The number of rotatable bonds is 9. The van der Waals surface area contributed by atoms with Gasteiger partial charge in [0, 0.05) is 19.6 Å². The highest BCUT2D eigenvalue weighted by atomic mass is 19.1. The first kappa shape index (κ1) is 18.8. The highest BCUT2D eigenvalue weighted by Gasteiger charge is 2.10. The first-order valence-corrected chi connectivity index (χ1v) is 8.73. The number of halogens is 1. The monoisotopic (exact) mass is 344 g/mol. The summed E-state index contributed by atoms with van der Waals surface area (Å²) in [5, 5.41) is 2.81. The molecule has 5 nitrogen and oxygen atoms in total. The molecule has 0 radical (unpaired) electrons. The number of benzene rings is 1. The van der Waals surface area contributed by atoms with Crippen molar-refractivity contribution in [3.8, 4) is 0 Å². The zero-order chi connectivity index (χ0) is 18.1. The minimum Gasteiger partial charge on any atom is -0.355 e. The van der Waals surface area contributed by atoms with Crippen LogP contribution in [0.5, 0.6) is 0 Å². The number of aromatic nitrogens is 2. The van der Waals surface area contributed by atoms with Gasteiger partial charge in [0.1, 0.15) is 17.3 Å². The van der Waals surface area contributed by atoms with Gasteiger partial charge in [-0.3, -0.25) is 4.79 Å². The third kappa shape index (κ3) is 5.81. The van der Waals surface area contributed by atoms with Crippen LogP contribution in [-0.2, 0) is 6.42 Å². The molecular weight excluding hydrogens is 319 g/mol. The Bertz CT molecular complexity index is 652. The molecule has 0 atom stereocenters. The number of hydrogen-bond donors (Lipinski definition) is 1. The molecule has 0 saturated heterocycles. The molecule has 0 aliphatic carbocycles. The Labute approximate surface area is 148 Å². The maximum atomic E-state index is 12.9. The van der Waals surface area contributed by atoms with Gasteiger partial charge in [0.05, 0.1) is 12.4 Å². The molecule has 6 heteroatoms. The van der Waals surface area contributed by atoms with Crippen LogP contribution >= 0.6 is 0 Å². The molecular formula is C19H25FN4O. The lowest BCUT2D eigenvalue weighted by Crippen LogP contribution is -2.28. The molecule has 0 fully saturated rings. The minimum atomic E-state index is -0.261. The molecule has 0 bridgehead atoms. The van der Waals surface area contributed by atoms with Crippen LogP contribution in [0, 0.1) is 5.82 Å². The molecule has 0 spiro atoms. The summed E-state index contributed by atoms with van der Waals surface area (Å²) in [6.07, 6.45) is 5.88. The number of carbonyl (C=O) groups is 1. The number of nitrogens with one attached hydrogen (secondary N) is 1. The van der Waals surface area contributed by atoms with Crippen LogP contribution in [0.2, 0.25) is 0 Å². The molecule has 134 valence electrons. The van der Waals surface area contributed by atoms with Crippen molar-refractivity contribution in [3.05, 3.63) is 53.7 Å². The van der Waals surface area contributed by atoms with E-state index in [-0.39, 0.29) is 11.7 Å². The summed E-state index contributed by atoms with van der Waals surface area (Å²) in [5.41, 5.74) is 1.27. The maximum absolute atomic E-state index is 12.9. The lowest BCUT2D eigenvalue weighted by atomic mass is 10.1. The van der Waals surface area contributed by atoms with Crippen LogP contribution in [-0.4, -0.2) is 35.5 Å². The number of hydrogen-bond acceptors (Lipinski definition) is 4. The third-order valence-corrected chi connectivity index (χ3v) is 3.79. The van der Waals surface area contributed by atoms with E-state index in [1.165, 1.54) is 18.3 Å². The van der Waals surface area contributed by atoms with Crippen molar-refractivity contribution < 1.29 is 9.18 Å². The fraction of sp³-hybridized carbons (Fsp3) is 0.421. The highest BCUT2D eigenvalue weighted by molar-refractivity contribution is 5.92. The second-order valence-electron chi connectivity index (χ2n) is 5.88. The van der Waals surface area contributed by atoms with Gasteiger partial charge in [-0.15, -0.1) is 0 Å². The van der Waals surface area contributed by atoms with Gasteiger partial charge in [-0.25, -0.2) is 14.4 Å². The Kier molecular flexibility index (Phi) is 7.32. The van der Waals surface area contributed by atoms with E-state index in [0.717, 1.165) is 37.3 Å². The lowest BCUT2D eigenvalue weighted by Gasteiger charge is -2.22. The molecule has 0 aliphatic heterocycles. The number of carbonyl (C=O) groups excluding carboxylic acids is 1. The molecule has 2 rings (SSSR count). The molecule has 0 saturated carbocycles. The van der Waals surface area contributed by atoms with E-state index in [0.29, 0.717) is 18.7 Å². The Morgan fingerprint density at radius 2 is 1.76 bits per heavy atom. The predicted octanol–water partition coefficient (Wildman–Crippen LogP) is 3.21. The summed E-state index contributed by atoms with van der Waals surface area (Å²) >= 11 is 0. The van der Waals surface area contributed by atoms with Crippen LogP contribution in [0.1, 0.15) is 42.7 Å². The van der Waals surface area contributed by atoms with E-state index in [9.17, 15) is 9.18 Å². The van der Waals surface area contributed by atoms with Crippen molar-refractivity contribution in [2.75, 3.05) is 24.5 Å².